The molecule has 10 heteroatoms. The number of hydrazone groups is 1. The van der Waals surface area contributed by atoms with E-state index in [-0.39, 0.29) is 23.0 Å². The molecule has 0 aromatic heterocycles. The van der Waals surface area contributed by atoms with Crippen LogP contribution in [0.25, 0.3) is 0 Å². The summed E-state index contributed by atoms with van der Waals surface area (Å²) >= 11 is 18.5. The van der Waals surface area contributed by atoms with Gasteiger partial charge in [-0.1, -0.05) is 46.9 Å². The molecule has 1 aliphatic rings. The average Bonchev–Trinajstić information content (AvgIpc) is 3.19. The van der Waals surface area contributed by atoms with Gasteiger partial charge in [-0.15, -0.1) is 0 Å². The summed E-state index contributed by atoms with van der Waals surface area (Å²) in [6.45, 7) is 1.50. The maximum absolute atomic E-state index is 13.5. The van der Waals surface area contributed by atoms with Crippen molar-refractivity contribution in [2.75, 3.05) is 11.6 Å². The summed E-state index contributed by atoms with van der Waals surface area (Å²) < 4.78 is 41.6. The first-order valence-corrected chi connectivity index (χ1v) is 12.6. The van der Waals surface area contributed by atoms with Gasteiger partial charge in [0.15, 0.2) is 0 Å². The second-order valence-corrected chi connectivity index (χ2v) is 10.7. The molecule has 0 aliphatic carbocycles. The third kappa shape index (κ3) is 5.34. The lowest BCUT2D eigenvalue weighted by atomic mass is 10.0. The van der Waals surface area contributed by atoms with Crippen LogP contribution in [0.15, 0.2) is 70.7 Å². The molecule has 33 heavy (non-hydrogen) atoms. The van der Waals surface area contributed by atoms with Gasteiger partial charge in [-0.05, 0) is 66.6 Å². The van der Waals surface area contributed by atoms with Crippen molar-refractivity contribution in [2.45, 2.75) is 24.3 Å². The lowest BCUT2D eigenvalue weighted by Crippen LogP contribution is -2.29. The van der Waals surface area contributed by atoms with E-state index in [4.69, 9.17) is 34.8 Å². The van der Waals surface area contributed by atoms with Gasteiger partial charge in [0, 0.05) is 16.5 Å². The molecule has 5 nitrogen and oxygen atoms in total. The van der Waals surface area contributed by atoms with Crippen LogP contribution in [-0.2, 0) is 10.0 Å². The van der Waals surface area contributed by atoms with Gasteiger partial charge in [0.2, 0.25) is 10.0 Å². The zero-order valence-corrected chi connectivity index (χ0v) is 20.5. The van der Waals surface area contributed by atoms with Crippen molar-refractivity contribution in [3.8, 4) is 0 Å². The fraction of sp³-hybridized carbons (Fsp3) is 0.174. The first-order chi connectivity index (χ1) is 15.6. The van der Waals surface area contributed by atoms with Crippen LogP contribution in [0, 0.1) is 12.7 Å². The molecule has 0 saturated heterocycles. The standard InChI is InChI=1S/C23H19Cl3FN3O2S/c1-14-10-19(7-8-21(14)27)33(31,32)28-13-18-12-23(15-2-4-16(24)5-3-15)30(29-18)22-9-6-17(25)11-20(22)26/h2-11,23,28H,12-13H2,1H3. The van der Waals surface area contributed by atoms with Gasteiger partial charge >= 0.3 is 0 Å². The molecule has 3 aromatic rings. The molecule has 0 bridgehead atoms. The Balaban J connectivity index is 1.61. The van der Waals surface area contributed by atoms with Crippen molar-refractivity contribution in [3.63, 3.8) is 0 Å². The Morgan fingerprint density at radius 3 is 2.39 bits per heavy atom. The zero-order chi connectivity index (χ0) is 23.8. The Morgan fingerprint density at radius 1 is 1.03 bits per heavy atom. The molecule has 0 spiro atoms. The zero-order valence-electron chi connectivity index (χ0n) is 17.4. The lowest BCUT2D eigenvalue weighted by molar-refractivity contribution is 0.584. The average molecular weight is 527 g/mol. The van der Waals surface area contributed by atoms with Crippen LogP contribution in [0.3, 0.4) is 0 Å². The fourth-order valence-electron chi connectivity index (χ4n) is 3.56. The van der Waals surface area contributed by atoms with Crippen molar-refractivity contribution < 1.29 is 12.8 Å². The molecular formula is C23H19Cl3FN3O2S. The summed E-state index contributed by atoms with van der Waals surface area (Å²) in [6, 6.07) is 15.9. The third-order valence-electron chi connectivity index (χ3n) is 5.29. The number of nitrogens with zero attached hydrogens (tertiary/aromatic N) is 2. The van der Waals surface area contributed by atoms with Crippen molar-refractivity contribution >= 4 is 56.2 Å². The van der Waals surface area contributed by atoms with E-state index in [2.05, 4.69) is 9.82 Å². The largest absolute Gasteiger partial charge is 0.256 e. The number of hydrogen-bond acceptors (Lipinski definition) is 4. The maximum Gasteiger partial charge on any atom is 0.240 e. The van der Waals surface area contributed by atoms with Crippen LogP contribution < -0.4 is 9.73 Å². The van der Waals surface area contributed by atoms with Crippen LogP contribution in [-0.4, -0.2) is 20.7 Å². The number of hydrogen-bond donors (Lipinski definition) is 1. The number of aryl methyl sites for hydroxylation is 1. The molecule has 1 atom stereocenters. The topological polar surface area (TPSA) is 61.8 Å². The van der Waals surface area contributed by atoms with Gasteiger partial charge in [-0.3, -0.25) is 5.01 Å². The number of nitrogens with one attached hydrogen (secondary N) is 1. The highest BCUT2D eigenvalue weighted by atomic mass is 35.5. The van der Waals surface area contributed by atoms with Gasteiger partial charge < -0.3 is 0 Å². The smallest absolute Gasteiger partial charge is 0.240 e. The van der Waals surface area contributed by atoms with Gasteiger partial charge in [0.05, 0.1) is 33.9 Å². The molecular weight excluding hydrogens is 508 g/mol. The molecule has 1 N–H and O–H groups in total. The number of anilines is 1. The summed E-state index contributed by atoms with van der Waals surface area (Å²) in [5.74, 6) is -0.463. The minimum absolute atomic E-state index is 0.00755. The Bertz CT molecular complexity index is 1330. The molecule has 4 rings (SSSR count). The number of sulfonamides is 1. The van der Waals surface area contributed by atoms with Gasteiger partial charge in [0.25, 0.3) is 0 Å². The minimum atomic E-state index is -3.85. The predicted octanol–water partition coefficient (Wildman–Crippen LogP) is 6.38. The highest BCUT2D eigenvalue weighted by Crippen LogP contribution is 2.39. The Morgan fingerprint density at radius 2 is 1.73 bits per heavy atom. The summed E-state index contributed by atoms with van der Waals surface area (Å²) in [7, 11) is -3.85. The van der Waals surface area contributed by atoms with E-state index < -0.39 is 15.8 Å². The molecule has 0 saturated carbocycles. The van der Waals surface area contributed by atoms with E-state index in [9.17, 15) is 12.8 Å². The molecule has 0 fully saturated rings. The predicted molar refractivity (Wildman–Crippen MR) is 132 cm³/mol. The van der Waals surface area contributed by atoms with Crippen LogP contribution in [0.5, 0.6) is 0 Å². The fourth-order valence-corrected chi connectivity index (χ4v) is 5.28. The van der Waals surface area contributed by atoms with Crippen LogP contribution in [0.1, 0.15) is 23.6 Å². The molecule has 172 valence electrons. The van der Waals surface area contributed by atoms with E-state index in [1.165, 1.54) is 19.1 Å². The molecule has 1 unspecified atom stereocenters. The Labute approximate surface area is 206 Å². The van der Waals surface area contributed by atoms with E-state index in [1.54, 1.807) is 35.3 Å². The lowest BCUT2D eigenvalue weighted by Gasteiger charge is -2.25. The number of halogens is 4. The SMILES string of the molecule is Cc1cc(S(=O)(=O)NCC2=NN(c3ccc(Cl)cc3Cl)C(c3ccc(Cl)cc3)C2)ccc1F. The number of rotatable bonds is 6. The first-order valence-electron chi connectivity index (χ1n) is 9.96. The number of benzene rings is 3. The summed E-state index contributed by atoms with van der Waals surface area (Å²) in [4.78, 5) is -0.00755. The van der Waals surface area contributed by atoms with Crippen molar-refractivity contribution in [2.24, 2.45) is 5.10 Å². The van der Waals surface area contributed by atoms with E-state index >= 15 is 0 Å². The molecule has 0 amide bonds. The third-order valence-corrected chi connectivity index (χ3v) is 7.48. The molecule has 3 aromatic carbocycles. The van der Waals surface area contributed by atoms with Crippen molar-refractivity contribution in [3.05, 3.63) is 92.7 Å². The van der Waals surface area contributed by atoms with Crippen molar-refractivity contribution in [1.29, 1.82) is 0 Å². The molecule has 1 aliphatic heterocycles. The van der Waals surface area contributed by atoms with Crippen molar-refractivity contribution in [1.82, 2.24) is 4.72 Å². The van der Waals surface area contributed by atoms with E-state index in [0.29, 0.717) is 32.9 Å². The summed E-state index contributed by atoms with van der Waals surface area (Å²) in [6.07, 6.45) is 0.464. The normalized spacial score (nSPS) is 16.2. The van der Waals surface area contributed by atoms with Crippen LogP contribution in [0.4, 0.5) is 10.1 Å². The van der Waals surface area contributed by atoms with Gasteiger partial charge in [-0.2, -0.15) is 5.10 Å². The highest BCUT2D eigenvalue weighted by molar-refractivity contribution is 7.89. The minimum Gasteiger partial charge on any atom is -0.256 e. The summed E-state index contributed by atoms with van der Waals surface area (Å²) in [5.41, 5.74) is 2.46. The second kappa shape index (κ2) is 9.60. The maximum atomic E-state index is 13.5. The molecule has 1 heterocycles. The Hall–Kier alpha value is -2.16. The first kappa shape index (κ1) is 24.0. The molecule has 0 radical (unpaired) electrons. The van der Waals surface area contributed by atoms with E-state index in [1.807, 2.05) is 12.1 Å². The monoisotopic (exact) mass is 525 g/mol. The van der Waals surface area contributed by atoms with E-state index in [0.717, 1.165) is 11.6 Å². The highest BCUT2D eigenvalue weighted by Gasteiger charge is 2.31. The second-order valence-electron chi connectivity index (χ2n) is 7.61. The Kier molecular flexibility index (Phi) is 6.98. The summed E-state index contributed by atoms with van der Waals surface area (Å²) in [5, 5.41) is 7.95. The van der Waals surface area contributed by atoms with Crippen LogP contribution in [0.2, 0.25) is 15.1 Å². The van der Waals surface area contributed by atoms with Gasteiger partial charge in [-0.25, -0.2) is 17.5 Å². The quantitative estimate of drug-likeness (QED) is 0.405. The van der Waals surface area contributed by atoms with Crippen LogP contribution >= 0.6 is 34.8 Å². The van der Waals surface area contributed by atoms with Gasteiger partial charge in [0.1, 0.15) is 5.82 Å².